The molecule has 3 aliphatic rings. The van der Waals surface area contributed by atoms with Crippen molar-refractivity contribution < 1.29 is 14.3 Å². The highest BCUT2D eigenvalue weighted by atomic mass is 16.5. The Hall–Kier alpha value is -2.42. The lowest BCUT2D eigenvalue weighted by molar-refractivity contribution is -0.133. The number of aryl methyl sites for hydroxylation is 1. The van der Waals surface area contributed by atoms with Gasteiger partial charge in [0, 0.05) is 49.3 Å². The van der Waals surface area contributed by atoms with Crippen molar-refractivity contribution in [3.05, 3.63) is 36.0 Å². The predicted molar refractivity (Wildman–Crippen MR) is 136 cm³/mol. The second-order valence-corrected chi connectivity index (χ2v) is 10.6. The number of aromatic nitrogens is 1. The van der Waals surface area contributed by atoms with E-state index in [9.17, 15) is 9.59 Å². The maximum atomic E-state index is 13.3. The molecule has 0 aliphatic carbocycles. The van der Waals surface area contributed by atoms with Crippen molar-refractivity contribution in [3.8, 4) is 0 Å². The number of ether oxygens (including phenoxy) is 1. The summed E-state index contributed by atoms with van der Waals surface area (Å²) >= 11 is 0. The van der Waals surface area contributed by atoms with E-state index < -0.39 is 5.54 Å². The number of imide groups is 1. The standard InChI is InChI=1S/C27H39N5O3/c1-20(7-8-21-19-28-24-6-4-3-5-23(21)24)31-11-9-22(10-12-31)27(2)25(33)32(26(34)29-27)14-13-30-15-17-35-18-16-30/h3-6,19-20,22,28H,7-18H2,1-2H3,(H,29,34). The van der Waals surface area contributed by atoms with Gasteiger partial charge in [-0.15, -0.1) is 0 Å². The first-order valence-electron chi connectivity index (χ1n) is 13.2. The van der Waals surface area contributed by atoms with Crippen molar-refractivity contribution >= 4 is 22.8 Å². The number of likely N-dealkylation sites (tertiary alicyclic amines) is 1. The molecule has 35 heavy (non-hydrogen) atoms. The minimum atomic E-state index is -0.790. The third-order valence-corrected chi connectivity index (χ3v) is 8.52. The number of carbonyl (C=O) groups is 2. The van der Waals surface area contributed by atoms with E-state index in [1.54, 1.807) is 0 Å². The minimum Gasteiger partial charge on any atom is -0.379 e. The van der Waals surface area contributed by atoms with Crippen LogP contribution in [-0.2, 0) is 16.0 Å². The van der Waals surface area contributed by atoms with Gasteiger partial charge in [0.2, 0.25) is 0 Å². The van der Waals surface area contributed by atoms with Crippen LogP contribution in [0.5, 0.6) is 0 Å². The van der Waals surface area contributed by atoms with Crippen LogP contribution in [0, 0.1) is 5.92 Å². The molecule has 3 amide bonds. The molecule has 2 atom stereocenters. The van der Waals surface area contributed by atoms with Gasteiger partial charge < -0.3 is 19.9 Å². The number of piperidine rings is 1. The molecule has 0 saturated carbocycles. The summed E-state index contributed by atoms with van der Waals surface area (Å²) in [4.78, 5) is 35.7. The van der Waals surface area contributed by atoms with Crippen LogP contribution in [0.2, 0.25) is 0 Å². The molecular weight excluding hydrogens is 442 g/mol. The number of morpholine rings is 1. The van der Waals surface area contributed by atoms with Gasteiger partial charge in [0.1, 0.15) is 5.54 Å². The molecule has 4 heterocycles. The van der Waals surface area contributed by atoms with Crippen LogP contribution in [0.25, 0.3) is 10.9 Å². The molecule has 1 aromatic heterocycles. The molecule has 2 aromatic rings. The number of carbonyl (C=O) groups excluding carboxylic acids is 2. The molecule has 3 saturated heterocycles. The van der Waals surface area contributed by atoms with E-state index in [0.29, 0.717) is 19.1 Å². The Bertz CT molecular complexity index is 1040. The van der Waals surface area contributed by atoms with Gasteiger partial charge >= 0.3 is 6.03 Å². The first-order valence-corrected chi connectivity index (χ1v) is 13.2. The number of urea groups is 1. The number of amides is 3. The Labute approximate surface area is 208 Å². The smallest absolute Gasteiger partial charge is 0.325 e. The summed E-state index contributed by atoms with van der Waals surface area (Å²) in [5, 5.41) is 4.38. The van der Waals surface area contributed by atoms with Gasteiger partial charge in [0.25, 0.3) is 5.91 Å². The molecule has 190 valence electrons. The monoisotopic (exact) mass is 481 g/mol. The molecule has 3 fully saturated rings. The minimum absolute atomic E-state index is 0.0541. The van der Waals surface area contributed by atoms with Gasteiger partial charge in [-0.2, -0.15) is 0 Å². The lowest BCUT2D eigenvalue weighted by Crippen LogP contribution is -2.55. The summed E-state index contributed by atoms with van der Waals surface area (Å²) in [6.07, 6.45) is 6.16. The number of benzene rings is 1. The zero-order valence-corrected chi connectivity index (χ0v) is 21.1. The molecule has 1 aromatic carbocycles. The van der Waals surface area contributed by atoms with E-state index in [4.69, 9.17) is 4.74 Å². The van der Waals surface area contributed by atoms with Crippen LogP contribution in [0.1, 0.15) is 38.7 Å². The number of nitrogens with zero attached hydrogens (tertiary/aromatic N) is 3. The molecule has 8 nitrogen and oxygen atoms in total. The van der Waals surface area contributed by atoms with E-state index in [2.05, 4.69) is 57.5 Å². The third kappa shape index (κ3) is 4.97. The molecule has 3 aliphatic heterocycles. The number of fused-ring (bicyclic) bond motifs is 1. The number of rotatable bonds is 8. The second kappa shape index (κ2) is 10.3. The summed E-state index contributed by atoms with van der Waals surface area (Å²) in [5.74, 6) is 0.117. The number of aromatic amines is 1. The van der Waals surface area contributed by atoms with Crippen molar-refractivity contribution in [2.45, 2.75) is 51.1 Å². The van der Waals surface area contributed by atoms with E-state index in [1.165, 1.54) is 21.4 Å². The predicted octanol–water partition coefficient (Wildman–Crippen LogP) is 2.84. The van der Waals surface area contributed by atoms with E-state index in [-0.39, 0.29) is 17.9 Å². The van der Waals surface area contributed by atoms with Crippen molar-refractivity contribution in [2.75, 3.05) is 52.5 Å². The molecule has 0 radical (unpaired) electrons. The summed E-state index contributed by atoms with van der Waals surface area (Å²) in [5.41, 5.74) is 1.79. The van der Waals surface area contributed by atoms with Gasteiger partial charge in [-0.1, -0.05) is 18.2 Å². The van der Waals surface area contributed by atoms with Crippen LogP contribution < -0.4 is 5.32 Å². The molecule has 0 bridgehead atoms. The molecule has 2 N–H and O–H groups in total. The lowest BCUT2D eigenvalue weighted by atomic mass is 9.78. The van der Waals surface area contributed by atoms with Crippen LogP contribution in [-0.4, -0.2) is 95.7 Å². The highest BCUT2D eigenvalue weighted by Crippen LogP contribution is 2.34. The molecule has 8 heteroatoms. The Morgan fingerprint density at radius 3 is 2.60 bits per heavy atom. The van der Waals surface area contributed by atoms with Gasteiger partial charge in [0.15, 0.2) is 0 Å². The average molecular weight is 482 g/mol. The maximum absolute atomic E-state index is 13.3. The number of H-pyrrole nitrogens is 1. The van der Waals surface area contributed by atoms with E-state index in [0.717, 1.165) is 65.1 Å². The fraction of sp³-hybridized carbons (Fsp3) is 0.630. The highest BCUT2D eigenvalue weighted by Gasteiger charge is 2.52. The van der Waals surface area contributed by atoms with Gasteiger partial charge in [-0.3, -0.25) is 14.6 Å². The topological polar surface area (TPSA) is 80.9 Å². The largest absolute Gasteiger partial charge is 0.379 e. The fourth-order valence-electron chi connectivity index (χ4n) is 6.06. The second-order valence-electron chi connectivity index (χ2n) is 10.6. The number of hydrogen-bond acceptors (Lipinski definition) is 5. The average Bonchev–Trinajstić information content (AvgIpc) is 3.40. The van der Waals surface area contributed by atoms with Gasteiger partial charge in [-0.05, 0) is 70.2 Å². The zero-order chi connectivity index (χ0) is 24.4. The lowest BCUT2D eigenvalue weighted by Gasteiger charge is -2.41. The van der Waals surface area contributed by atoms with Gasteiger partial charge in [-0.25, -0.2) is 4.79 Å². The summed E-state index contributed by atoms with van der Waals surface area (Å²) in [6, 6.07) is 8.73. The van der Waals surface area contributed by atoms with E-state index >= 15 is 0 Å². The summed E-state index contributed by atoms with van der Waals surface area (Å²) < 4.78 is 5.40. The van der Waals surface area contributed by atoms with Crippen molar-refractivity contribution in [3.63, 3.8) is 0 Å². The van der Waals surface area contributed by atoms with Crippen molar-refractivity contribution in [2.24, 2.45) is 5.92 Å². The summed E-state index contributed by atoms with van der Waals surface area (Å²) in [7, 11) is 0. The quantitative estimate of drug-likeness (QED) is 0.567. The molecule has 5 rings (SSSR count). The molecule has 2 unspecified atom stereocenters. The normalized spacial score (nSPS) is 25.9. The highest BCUT2D eigenvalue weighted by molar-refractivity contribution is 6.07. The Morgan fingerprint density at radius 2 is 1.83 bits per heavy atom. The first-order chi connectivity index (χ1) is 17.0. The SMILES string of the molecule is CC(CCc1c[nH]c2ccccc12)N1CCC(C2(C)NC(=O)N(CCN3CCOCC3)C2=O)CC1. The van der Waals surface area contributed by atoms with E-state index in [1.807, 2.05) is 6.92 Å². The Morgan fingerprint density at radius 1 is 1.09 bits per heavy atom. The molecule has 0 spiro atoms. The molecular formula is C27H39N5O3. The van der Waals surface area contributed by atoms with Crippen LogP contribution >= 0.6 is 0 Å². The zero-order valence-electron chi connectivity index (χ0n) is 21.1. The number of para-hydroxylation sites is 1. The first kappa shape index (κ1) is 24.3. The van der Waals surface area contributed by atoms with Crippen LogP contribution in [0.15, 0.2) is 30.5 Å². The van der Waals surface area contributed by atoms with Crippen molar-refractivity contribution in [1.82, 2.24) is 25.0 Å². The number of hydrogen-bond donors (Lipinski definition) is 2. The van der Waals surface area contributed by atoms with Crippen LogP contribution in [0.4, 0.5) is 4.79 Å². The fourth-order valence-corrected chi connectivity index (χ4v) is 6.06. The van der Waals surface area contributed by atoms with Crippen molar-refractivity contribution in [1.29, 1.82) is 0 Å². The number of nitrogens with one attached hydrogen (secondary N) is 2. The summed E-state index contributed by atoms with van der Waals surface area (Å²) in [6.45, 7) is 10.5. The maximum Gasteiger partial charge on any atom is 0.325 e. The van der Waals surface area contributed by atoms with Crippen LogP contribution in [0.3, 0.4) is 0 Å². The van der Waals surface area contributed by atoms with Gasteiger partial charge in [0.05, 0.1) is 13.2 Å². The third-order valence-electron chi connectivity index (χ3n) is 8.52. The Kier molecular flexibility index (Phi) is 7.14. The Balaban J connectivity index is 1.12.